The van der Waals surface area contributed by atoms with Gasteiger partial charge in [0.25, 0.3) is 0 Å². The Morgan fingerprint density at radius 3 is 2.42 bits per heavy atom. The van der Waals surface area contributed by atoms with Gasteiger partial charge in [0, 0.05) is 21.3 Å². The SMILES string of the molecule is C[C@@]12CC(OS(=O)(=O)C(F)(F)F)=C[C@]1(C)[C@H]2COP. The molecule has 0 aromatic carbocycles. The van der Waals surface area contributed by atoms with E-state index >= 15 is 0 Å². The summed E-state index contributed by atoms with van der Waals surface area (Å²) in [6.45, 7) is 4.19. The first-order chi connectivity index (χ1) is 8.48. The van der Waals surface area contributed by atoms with Gasteiger partial charge in [-0.2, -0.15) is 21.6 Å². The van der Waals surface area contributed by atoms with E-state index in [-0.39, 0.29) is 28.9 Å². The highest BCUT2D eigenvalue weighted by atomic mass is 32.2. The Labute approximate surface area is 111 Å². The molecule has 0 N–H and O–H groups in total. The summed E-state index contributed by atoms with van der Waals surface area (Å²) in [6.07, 6.45) is 1.64. The number of hydrogen-bond donors (Lipinski definition) is 0. The lowest BCUT2D eigenvalue weighted by molar-refractivity contribution is -0.0524. The summed E-state index contributed by atoms with van der Waals surface area (Å²) >= 11 is 0. The normalized spacial score (nSPS) is 37.8. The maximum Gasteiger partial charge on any atom is 0.534 e. The fraction of sp³-hybridized carbons (Fsp3) is 0.800. The van der Waals surface area contributed by atoms with Gasteiger partial charge in [0.1, 0.15) is 5.76 Å². The second-order valence-corrected chi connectivity index (χ2v) is 7.23. The summed E-state index contributed by atoms with van der Waals surface area (Å²) < 4.78 is 67.7. The lowest BCUT2D eigenvalue weighted by atomic mass is 10.00. The lowest BCUT2D eigenvalue weighted by Crippen LogP contribution is -2.25. The molecule has 0 saturated heterocycles. The molecule has 0 amide bonds. The van der Waals surface area contributed by atoms with E-state index in [4.69, 9.17) is 4.52 Å². The predicted molar refractivity (Wildman–Crippen MR) is 64.1 cm³/mol. The standard InChI is InChI=1S/C10H14F3O4PS/c1-8-3-6(17-19(14,15)10(11,12)13)4-9(8,2)7(8)5-16-18/h3,7H,4-5,18H2,1-2H3/t7-,8-,9+/m1/s1. The molecular formula is C10H14F3O4PS. The van der Waals surface area contributed by atoms with Crippen LogP contribution in [0.25, 0.3) is 0 Å². The van der Waals surface area contributed by atoms with E-state index in [0.29, 0.717) is 6.61 Å². The third-order valence-corrected chi connectivity index (χ3v) is 5.60. The van der Waals surface area contributed by atoms with Crippen molar-refractivity contribution in [1.29, 1.82) is 0 Å². The third-order valence-electron chi connectivity index (χ3n) is 4.41. The highest BCUT2D eigenvalue weighted by molar-refractivity contribution is 7.87. The van der Waals surface area contributed by atoms with Gasteiger partial charge in [0.15, 0.2) is 0 Å². The Balaban J connectivity index is 2.15. The molecule has 2 rings (SSSR count). The number of alkyl halides is 3. The molecule has 0 bridgehead atoms. The largest absolute Gasteiger partial charge is 0.534 e. The number of halogens is 3. The van der Waals surface area contributed by atoms with Crippen molar-refractivity contribution in [2.75, 3.05) is 6.61 Å². The molecule has 9 heteroatoms. The van der Waals surface area contributed by atoms with Crippen LogP contribution >= 0.6 is 9.47 Å². The van der Waals surface area contributed by atoms with E-state index < -0.39 is 15.6 Å². The average molecular weight is 318 g/mol. The van der Waals surface area contributed by atoms with Crippen LogP contribution in [0, 0.1) is 16.7 Å². The van der Waals surface area contributed by atoms with Crippen LogP contribution in [0.4, 0.5) is 13.2 Å². The minimum Gasteiger partial charge on any atom is -0.381 e. The Hall–Kier alpha value is -0.330. The van der Waals surface area contributed by atoms with Gasteiger partial charge in [-0.05, 0) is 17.4 Å². The van der Waals surface area contributed by atoms with E-state index in [1.807, 2.05) is 13.8 Å². The van der Waals surface area contributed by atoms with Crippen LogP contribution in [-0.2, 0) is 18.8 Å². The van der Waals surface area contributed by atoms with Crippen molar-refractivity contribution in [2.24, 2.45) is 16.7 Å². The molecule has 0 aromatic rings. The van der Waals surface area contributed by atoms with Crippen LogP contribution in [0.15, 0.2) is 11.8 Å². The van der Waals surface area contributed by atoms with Crippen LogP contribution in [0.5, 0.6) is 0 Å². The molecule has 19 heavy (non-hydrogen) atoms. The van der Waals surface area contributed by atoms with Gasteiger partial charge >= 0.3 is 15.6 Å². The number of hydrogen-bond acceptors (Lipinski definition) is 4. The fourth-order valence-corrected chi connectivity index (χ4v) is 3.72. The molecule has 0 aliphatic heterocycles. The fourth-order valence-electron chi connectivity index (χ4n) is 3.04. The summed E-state index contributed by atoms with van der Waals surface area (Å²) in [6, 6.07) is 0. The van der Waals surface area contributed by atoms with Gasteiger partial charge in [0.05, 0.1) is 6.61 Å². The van der Waals surface area contributed by atoms with Crippen molar-refractivity contribution < 1.29 is 30.3 Å². The molecule has 1 saturated carbocycles. The first kappa shape index (κ1) is 15.1. The highest BCUT2D eigenvalue weighted by Gasteiger charge is 2.73. The second-order valence-electron chi connectivity index (χ2n) is 5.36. The van der Waals surface area contributed by atoms with Gasteiger partial charge in [-0.25, -0.2) is 0 Å². The minimum absolute atomic E-state index is 0.137. The Morgan fingerprint density at radius 1 is 1.47 bits per heavy atom. The number of rotatable bonds is 4. The Kier molecular flexibility index (Phi) is 3.24. The van der Waals surface area contributed by atoms with Crippen LogP contribution in [0.2, 0.25) is 0 Å². The molecule has 110 valence electrons. The molecule has 0 aromatic heterocycles. The van der Waals surface area contributed by atoms with Crippen molar-refractivity contribution >= 4 is 19.6 Å². The zero-order valence-corrected chi connectivity index (χ0v) is 12.3. The van der Waals surface area contributed by atoms with E-state index in [2.05, 4.69) is 13.6 Å². The molecule has 4 nitrogen and oxygen atoms in total. The molecular weight excluding hydrogens is 304 g/mol. The molecule has 2 aliphatic carbocycles. The molecule has 1 fully saturated rings. The molecule has 2 aliphatic rings. The first-order valence-electron chi connectivity index (χ1n) is 5.52. The number of fused-ring (bicyclic) bond motifs is 1. The van der Waals surface area contributed by atoms with Crippen LogP contribution in [-0.4, -0.2) is 20.5 Å². The monoisotopic (exact) mass is 318 g/mol. The quantitative estimate of drug-likeness (QED) is 0.454. The van der Waals surface area contributed by atoms with Crippen molar-refractivity contribution in [3.05, 3.63) is 11.8 Å². The Bertz CT molecular complexity index is 529. The lowest BCUT2D eigenvalue weighted by Gasteiger charge is -2.14. The smallest absolute Gasteiger partial charge is 0.381 e. The van der Waals surface area contributed by atoms with Crippen molar-refractivity contribution in [3.63, 3.8) is 0 Å². The summed E-state index contributed by atoms with van der Waals surface area (Å²) in [4.78, 5) is 0. The summed E-state index contributed by atoms with van der Waals surface area (Å²) in [5, 5.41) is 0. The van der Waals surface area contributed by atoms with Crippen LogP contribution < -0.4 is 0 Å². The zero-order chi connectivity index (χ0) is 14.7. The van der Waals surface area contributed by atoms with Crippen molar-refractivity contribution in [1.82, 2.24) is 0 Å². The maximum absolute atomic E-state index is 12.2. The summed E-state index contributed by atoms with van der Waals surface area (Å²) in [5.41, 5.74) is -6.08. The molecule has 0 radical (unpaired) electrons. The summed E-state index contributed by atoms with van der Waals surface area (Å²) in [5.74, 6) is 0.0146. The van der Waals surface area contributed by atoms with Gasteiger partial charge < -0.3 is 8.71 Å². The maximum atomic E-state index is 12.2. The van der Waals surface area contributed by atoms with Crippen LogP contribution in [0.1, 0.15) is 20.3 Å². The topological polar surface area (TPSA) is 52.6 Å². The summed E-state index contributed by atoms with van der Waals surface area (Å²) in [7, 11) is -3.45. The highest BCUT2D eigenvalue weighted by Crippen LogP contribution is 2.76. The third kappa shape index (κ3) is 2.08. The minimum atomic E-state index is -5.57. The van der Waals surface area contributed by atoms with Crippen molar-refractivity contribution in [2.45, 2.75) is 25.8 Å². The van der Waals surface area contributed by atoms with E-state index in [0.717, 1.165) is 0 Å². The van der Waals surface area contributed by atoms with E-state index in [1.165, 1.54) is 6.08 Å². The number of allylic oxidation sites excluding steroid dienone is 2. The van der Waals surface area contributed by atoms with E-state index in [1.54, 1.807) is 0 Å². The second kappa shape index (κ2) is 4.09. The predicted octanol–water partition coefficient (Wildman–Crippen LogP) is 2.59. The molecule has 4 atom stereocenters. The zero-order valence-electron chi connectivity index (χ0n) is 10.3. The molecule has 0 heterocycles. The molecule has 0 spiro atoms. The first-order valence-corrected chi connectivity index (χ1v) is 7.40. The van der Waals surface area contributed by atoms with Gasteiger partial charge in [-0.1, -0.05) is 13.8 Å². The van der Waals surface area contributed by atoms with Crippen LogP contribution in [0.3, 0.4) is 0 Å². The van der Waals surface area contributed by atoms with Gasteiger partial charge in [-0.3, -0.25) is 0 Å². The average Bonchev–Trinajstić information content (AvgIpc) is 2.52. The Morgan fingerprint density at radius 2 is 2.05 bits per heavy atom. The van der Waals surface area contributed by atoms with Gasteiger partial charge in [0.2, 0.25) is 0 Å². The van der Waals surface area contributed by atoms with Gasteiger partial charge in [-0.15, -0.1) is 0 Å². The molecule has 1 unspecified atom stereocenters. The van der Waals surface area contributed by atoms with E-state index in [9.17, 15) is 21.6 Å². The van der Waals surface area contributed by atoms with Crippen molar-refractivity contribution in [3.8, 4) is 0 Å².